The molecule has 1 aromatic carbocycles. The Bertz CT molecular complexity index is 962. The highest BCUT2D eigenvalue weighted by atomic mass is 19.4. The number of fused-ring (bicyclic) bond motifs is 1. The highest BCUT2D eigenvalue weighted by Gasteiger charge is 2.35. The molecule has 0 unspecified atom stereocenters. The van der Waals surface area contributed by atoms with Crippen LogP contribution in [0.1, 0.15) is 18.4 Å². The van der Waals surface area contributed by atoms with Crippen LogP contribution in [0.3, 0.4) is 0 Å². The molecule has 4 rings (SSSR count). The Hall–Kier alpha value is -2.81. The summed E-state index contributed by atoms with van der Waals surface area (Å²) in [5, 5.41) is 0.994. The lowest BCUT2D eigenvalue weighted by Crippen LogP contribution is -2.45. The quantitative estimate of drug-likeness (QED) is 0.677. The second-order valence-electron chi connectivity index (χ2n) is 7.50. The molecule has 1 aliphatic heterocycles. The first-order valence-corrected chi connectivity index (χ1v) is 9.45. The molecule has 0 radical (unpaired) electrons. The van der Waals surface area contributed by atoms with Gasteiger partial charge in [-0.25, -0.2) is 9.97 Å². The minimum absolute atomic E-state index is 0.0901. The average Bonchev–Trinajstić information content (AvgIpc) is 3.18. The van der Waals surface area contributed by atoms with E-state index in [4.69, 9.17) is 5.73 Å². The van der Waals surface area contributed by atoms with Gasteiger partial charge in [-0.05, 0) is 55.0 Å². The van der Waals surface area contributed by atoms with Gasteiger partial charge in [-0.1, -0.05) is 12.1 Å². The predicted octanol–water partition coefficient (Wildman–Crippen LogP) is 3.64. The van der Waals surface area contributed by atoms with Crippen molar-refractivity contribution < 1.29 is 17.9 Å². The Balaban J connectivity index is 1.44. The number of hydrogen-bond acceptors (Lipinski definition) is 5. The molecule has 154 valence electrons. The number of rotatable bonds is 5. The van der Waals surface area contributed by atoms with Gasteiger partial charge in [0.25, 0.3) is 0 Å². The number of nitrogens with zero attached hydrogens (tertiary/aromatic N) is 3. The van der Waals surface area contributed by atoms with E-state index in [1.165, 1.54) is 12.1 Å². The van der Waals surface area contributed by atoms with Crippen molar-refractivity contribution in [2.75, 3.05) is 24.5 Å². The predicted molar refractivity (Wildman–Crippen MR) is 104 cm³/mol. The number of aromatic nitrogens is 3. The van der Waals surface area contributed by atoms with Crippen LogP contribution in [-0.4, -0.2) is 40.9 Å². The Labute approximate surface area is 165 Å². The summed E-state index contributed by atoms with van der Waals surface area (Å²) >= 11 is 0. The molecule has 0 saturated carbocycles. The zero-order chi connectivity index (χ0) is 20.5. The molecular formula is C20H22F3N5O. The maximum absolute atomic E-state index is 12.3. The van der Waals surface area contributed by atoms with E-state index in [2.05, 4.69) is 24.6 Å². The molecule has 1 saturated heterocycles. The zero-order valence-electron chi connectivity index (χ0n) is 15.7. The molecule has 1 fully saturated rings. The second-order valence-corrected chi connectivity index (χ2v) is 7.50. The topological polar surface area (TPSA) is 80.1 Å². The average molecular weight is 405 g/mol. The Morgan fingerprint density at radius 3 is 2.48 bits per heavy atom. The van der Waals surface area contributed by atoms with Crippen molar-refractivity contribution in [1.82, 2.24) is 15.0 Å². The van der Waals surface area contributed by atoms with Gasteiger partial charge in [0.15, 0.2) is 0 Å². The van der Waals surface area contributed by atoms with Crippen molar-refractivity contribution in [3.63, 3.8) is 0 Å². The number of H-pyrrole nitrogens is 1. The minimum atomic E-state index is -4.68. The Morgan fingerprint density at radius 1 is 1.10 bits per heavy atom. The fourth-order valence-corrected chi connectivity index (χ4v) is 4.00. The summed E-state index contributed by atoms with van der Waals surface area (Å²) in [5.41, 5.74) is 7.81. The number of nitrogens with one attached hydrogen (secondary N) is 1. The summed E-state index contributed by atoms with van der Waals surface area (Å²) in [5.74, 6) is 0.702. The third kappa shape index (κ3) is 4.29. The van der Waals surface area contributed by atoms with Gasteiger partial charge in [-0.15, -0.1) is 13.2 Å². The van der Waals surface area contributed by atoms with Crippen molar-refractivity contribution in [1.29, 1.82) is 0 Å². The summed E-state index contributed by atoms with van der Waals surface area (Å²) in [6, 6.07) is 8.04. The number of aromatic amines is 1. The first-order valence-electron chi connectivity index (χ1n) is 9.45. The van der Waals surface area contributed by atoms with E-state index >= 15 is 0 Å². The van der Waals surface area contributed by atoms with Crippen LogP contribution < -0.4 is 15.4 Å². The lowest BCUT2D eigenvalue weighted by Gasteiger charge is -2.42. The summed E-state index contributed by atoms with van der Waals surface area (Å²) in [4.78, 5) is 14.0. The summed E-state index contributed by atoms with van der Waals surface area (Å²) in [6.45, 7) is 2.14. The van der Waals surface area contributed by atoms with Gasteiger partial charge in [-0.3, -0.25) is 0 Å². The third-order valence-electron chi connectivity index (χ3n) is 5.63. The van der Waals surface area contributed by atoms with Gasteiger partial charge in [0.2, 0.25) is 0 Å². The maximum atomic E-state index is 12.3. The first-order chi connectivity index (χ1) is 13.9. The third-order valence-corrected chi connectivity index (χ3v) is 5.63. The maximum Gasteiger partial charge on any atom is 0.573 e. The number of alkyl halides is 3. The van der Waals surface area contributed by atoms with Crippen molar-refractivity contribution in [2.24, 2.45) is 11.1 Å². The summed E-state index contributed by atoms with van der Waals surface area (Å²) in [6.07, 6.45) is 1.19. The van der Waals surface area contributed by atoms with Gasteiger partial charge in [0.1, 0.15) is 23.5 Å². The lowest BCUT2D eigenvalue weighted by molar-refractivity contribution is -0.274. The molecule has 3 N–H and O–H groups in total. The van der Waals surface area contributed by atoms with Gasteiger partial charge in [0, 0.05) is 19.3 Å². The van der Waals surface area contributed by atoms with Gasteiger partial charge < -0.3 is 20.4 Å². The second kappa shape index (κ2) is 7.55. The van der Waals surface area contributed by atoms with Crippen LogP contribution in [0, 0.1) is 5.41 Å². The molecule has 1 aliphatic rings. The molecular weight excluding hydrogens is 383 g/mol. The van der Waals surface area contributed by atoms with Crippen LogP contribution in [0.15, 0.2) is 42.9 Å². The first kappa shape index (κ1) is 19.5. The zero-order valence-corrected chi connectivity index (χ0v) is 15.7. The fraction of sp³-hybridized carbons (Fsp3) is 0.400. The largest absolute Gasteiger partial charge is 0.573 e. The number of ether oxygens (including phenoxy) is 1. The number of hydrogen-bond donors (Lipinski definition) is 2. The summed E-state index contributed by atoms with van der Waals surface area (Å²) < 4.78 is 40.9. The van der Waals surface area contributed by atoms with E-state index in [9.17, 15) is 13.2 Å². The van der Waals surface area contributed by atoms with E-state index in [1.54, 1.807) is 18.5 Å². The Kier molecular flexibility index (Phi) is 5.08. The van der Waals surface area contributed by atoms with Crippen LogP contribution in [0.4, 0.5) is 19.0 Å². The number of piperidine rings is 1. The van der Waals surface area contributed by atoms with Crippen LogP contribution in [0.5, 0.6) is 5.75 Å². The fourth-order valence-electron chi connectivity index (χ4n) is 4.00. The Morgan fingerprint density at radius 2 is 1.83 bits per heavy atom. The number of anilines is 1. The number of benzene rings is 1. The normalized spacial score (nSPS) is 16.9. The van der Waals surface area contributed by atoms with Gasteiger partial charge in [-0.2, -0.15) is 0 Å². The van der Waals surface area contributed by atoms with Gasteiger partial charge >= 0.3 is 6.36 Å². The van der Waals surface area contributed by atoms with E-state index in [0.29, 0.717) is 13.0 Å². The SMILES string of the molecule is NCC1(Cc2ccc(OC(F)(F)F)cc2)CCN(c2ncnc3[nH]ccc23)CC1. The molecule has 0 aliphatic carbocycles. The highest BCUT2D eigenvalue weighted by molar-refractivity contribution is 5.87. The van der Waals surface area contributed by atoms with Crippen molar-refractivity contribution in [3.05, 3.63) is 48.4 Å². The van der Waals surface area contributed by atoms with E-state index < -0.39 is 6.36 Å². The lowest BCUT2D eigenvalue weighted by atomic mass is 9.74. The van der Waals surface area contributed by atoms with E-state index in [-0.39, 0.29) is 11.2 Å². The van der Waals surface area contributed by atoms with E-state index in [0.717, 1.165) is 48.3 Å². The van der Waals surface area contributed by atoms with Crippen molar-refractivity contribution in [3.8, 4) is 5.75 Å². The van der Waals surface area contributed by atoms with Crippen LogP contribution in [0.25, 0.3) is 11.0 Å². The minimum Gasteiger partial charge on any atom is -0.406 e. The molecule has 0 atom stereocenters. The molecule has 0 spiro atoms. The standard InChI is InChI=1S/C20H22F3N5O/c21-20(22,23)29-15-3-1-14(2-4-15)11-19(12-24)6-9-28(10-7-19)18-16-5-8-25-17(16)26-13-27-18/h1-5,8,13H,6-7,9-12,24H2,(H,25,26,27). The number of nitrogens with two attached hydrogens (primary N) is 1. The van der Waals surface area contributed by atoms with Crippen molar-refractivity contribution >= 4 is 16.9 Å². The molecule has 6 nitrogen and oxygen atoms in total. The smallest absolute Gasteiger partial charge is 0.406 e. The molecule has 3 aromatic rings. The molecule has 0 amide bonds. The van der Waals surface area contributed by atoms with Gasteiger partial charge in [0.05, 0.1) is 5.39 Å². The molecule has 3 heterocycles. The molecule has 2 aromatic heterocycles. The number of halogens is 3. The summed E-state index contributed by atoms with van der Waals surface area (Å²) in [7, 11) is 0. The van der Waals surface area contributed by atoms with Crippen LogP contribution >= 0.6 is 0 Å². The molecule has 0 bridgehead atoms. The van der Waals surface area contributed by atoms with E-state index in [1.807, 2.05) is 12.3 Å². The van der Waals surface area contributed by atoms with Crippen LogP contribution in [-0.2, 0) is 6.42 Å². The van der Waals surface area contributed by atoms with Crippen molar-refractivity contribution in [2.45, 2.75) is 25.6 Å². The highest BCUT2D eigenvalue weighted by Crippen LogP contribution is 2.37. The molecule has 9 heteroatoms. The molecule has 29 heavy (non-hydrogen) atoms. The monoisotopic (exact) mass is 405 g/mol. The van der Waals surface area contributed by atoms with Crippen LogP contribution in [0.2, 0.25) is 0 Å².